The van der Waals surface area contributed by atoms with E-state index in [1.807, 2.05) is 0 Å². The van der Waals surface area contributed by atoms with Crippen molar-refractivity contribution in [2.24, 2.45) is 0 Å². The zero-order chi connectivity index (χ0) is 11.7. The standard InChI is InChI=1S/C7H4ClN5O3/c8-5-2-1-4(3-6(5)13(15)16)12-7(14)9-10-11-12/h1-3H,(H,9,11,14). The maximum Gasteiger partial charge on any atom is 0.365 e. The third-order valence-electron chi connectivity index (χ3n) is 1.84. The molecule has 1 heterocycles. The van der Waals surface area contributed by atoms with Crippen LogP contribution in [0.1, 0.15) is 0 Å². The van der Waals surface area contributed by atoms with Gasteiger partial charge in [0.2, 0.25) is 0 Å². The summed E-state index contributed by atoms with van der Waals surface area (Å²) in [5.74, 6) is 0. The number of hydrogen-bond acceptors (Lipinski definition) is 5. The molecule has 0 atom stereocenters. The van der Waals surface area contributed by atoms with Crippen LogP contribution in [-0.4, -0.2) is 25.1 Å². The SMILES string of the molecule is O=c1[nH]nnn1-c1ccc(Cl)c([N+](=O)[O-])c1. The van der Waals surface area contributed by atoms with Crippen LogP contribution in [-0.2, 0) is 0 Å². The molecule has 1 N–H and O–H groups in total. The minimum atomic E-state index is -0.642. The highest BCUT2D eigenvalue weighted by molar-refractivity contribution is 6.32. The van der Waals surface area contributed by atoms with Gasteiger partial charge in [-0.25, -0.2) is 9.89 Å². The van der Waals surface area contributed by atoms with Crippen molar-refractivity contribution in [2.45, 2.75) is 0 Å². The van der Waals surface area contributed by atoms with Crippen LogP contribution in [0, 0.1) is 10.1 Å². The van der Waals surface area contributed by atoms with E-state index in [-0.39, 0.29) is 16.4 Å². The van der Waals surface area contributed by atoms with Crippen LogP contribution in [0.3, 0.4) is 0 Å². The van der Waals surface area contributed by atoms with Crippen molar-refractivity contribution in [1.29, 1.82) is 0 Å². The highest BCUT2D eigenvalue weighted by Gasteiger charge is 2.14. The van der Waals surface area contributed by atoms with Crippen LogP contribution in [0.15, 0.2) is 23.0 Å². The summed E-state index contributed by atoms with van der Waals surface area (Å²) in [7, 11) is 0. The first kappa shape index (κ1) is 10.3. The molecule has 0 unspecified atom stereocenters. The Labute approximate surface area is 92.6 Å². The molecule has 9 heteroatoms. The van der Waals surface area contributed by atoms with Gasteiger partial charge in [0, 0.05) is 6.07 Å². The molecule has 0 aliphatic carbocycles. The van der Waals surface area contributed by atoms with Crippen molar-refractivity contribution in [3.05, 3.63) is 43.8 Å². The lowest BCUT2D eigenvalue weighted by Gasteiger charge is -1.99. The number of aromatic nitrogens is 4. The van der Waals surface area contributed by atoms with Gasteiger partial charge in [-0.3, -0.25) is 10.1 Å². The first-order valence-electron chi connectivity index (χ1n) is 4.04. The number of tetrazole rings is 1. The highest BCUT2D eigenvalue weighted by atomic mass is 35.5. The number of rotatable bonds is 2. The maximum absolute atomic E-state index is 11.2. The fourth-order valence-electron chi connectivity index (χ4n) is 1.14. The van der Waals surface area contributed by atoms with Gasteiger partial charge in [0.25, 0.3) is 5.69 Å². The molecule has 16 heavy (non-hydrogen) atoms. The van der Waals surface area contributed by atoms with E-state index in [2.05, 4.69) is 15.5 Å². The molecule has 0 radical (unpaired) electrons. The molecule has 2 aromatic rings. The molecule has 1 aromatic carbocycles. The Hall–Kier alpha value is -2.22. The fourth-order valence-corrected chi connectivity index (χ4v) is 1.33. The van der Waals surface area contributed by atoms with Crippen molar-refractivity contribution in [1.82, 2.24) is 20.2 Å². The molecule has 0 saturated heterocycles. The fraction of sp³-hybridized carbons (Fsp3) is 0. The monoisotopic (exact) mass is 241 g/mol. The Bertz CT molecular complexity index is 604. The summed E-state index contributed by atoms with van der Waals surface area (Å²) in [6.45, 7) is 0. The van der Waals surface area contributed by atoms with Crippen LogP contribution in [0.4, 0.5) is 5.69 Å². The van der Waals surface area contributed by atoms with Gasteiger partial charge in [-0.1, -0.05) is 11.6 Å². The van der Waals surface area contributed by atoms with Gasteiger partial charge in [0.1, 0.15) is 5.02 Å². The van der Waals surface area contributed by atoms with E-state index in [9.17, 15) is 14.9 Å². The number of halogens is 1. The molecule has 1 aromatic heterocycles. The van der Waals surface area contributed by atoms with Gasteiger partial charge >= 0.3 is 5.69 Å². The molecule has 8 nitrogen and oxygen atoms in total. The molecule has 0 aliphatic rings. The second kappa shape index (κ2) is 3.74. The van der Waals surface area contributed by atoms with Gasteiger partial charge in [-0.2, -0.15) is 4.68 Å². The summed E-state index contributed by atoms with van der Waals surface area (Å²) < 4.78 is 0.892. The molecule has 82 valence electrons. The third kappa shape index (κ3) is 1.65. The molecule has 2 rings (SSSR count). The molecule has 0 spiro atoms. The Morgan fingerprint density at radius 1 is 1.50 bits per heavy atom. The lowest BCUT2D eigenvalue weighted by Crippen LogP contribution is -2.16. The summed E-state index contributed by atoms with van der Waals surface area (Å²) in [6.07, 6.45) is 0. The average molecular weight is 242 g/mol. The van der Waals surface area contributed by atoms with Crippen molar-refractivity contribution < 1.29 is 4.92 Å². The summed E-state index contributed by atoms with van der Waals surface area (Å²) in [6, 6.07) is 3.89. The molecule has 0 amide bonds. The van der Waals surface area contributed by atoms with Crippen LogP contribution in [0.25, 0.3) is 5.69 Å². The molecule has 0 bridgehead atoms. The molecule has 0 saturated carbocycles. The van der Waals surface area contributed by atoms with Crippen molar-refractivity contribution in [3.63, 3.8) is 0 Å². The summed E-state index contributed by atoms with van der Waals surface area (Å²) in [5, 5.41) is 19.4. The van der Waals surface area contributed by atoms with Gasteiger partial charge in [0.05, 0.1) is 10.6 Å². The first-order chi connectivity index (χ1) is 7.59. The van der Waals surface area contributed by atoms with E-state index < -0.39 is 10.6 Å². The Morgan fingerprint density at radius 2 is 2.25 bits per heavy atom. The topological polar surface area (TPSA) is 107 Å². The highest BCUT2D eigenvalue weighted by Crippen LogP contribution is 2.25. The third-order valence-corrected chi connectivity index (χ3v) is 2.16. The predicted octanol–water partition coefficient (Wildman–Crippen LogP) is 0.517. The van der Waals surface area contributed by atoms with E-state index in [4.69, 9.17) is 11.6 Å². The van der Waals surface area contributed by atoms with Crippen molar-refractivity contribution in [2.75, 3.05) is 0 Å². The normalized spacial score (nSPS) is 10.3. The minimum Gasteiger partial charge on any atom is -0.258 e. The lowest BCUT2D eigenvalue weighted by atomic mass is 10.3. The summed E-state index contributed by atoms with van der Waals surface area (Å²) in [4.78, 5) is 21.1. The number of H-pyrrole nitrogens is 1. The number of aromatic amines is 1. The smallest absolute Gasteiger partial charge is 0.258 e. The number of hydrogen-bond donors (Lipinski definition) is 1. The van der Waals surface area contributed by atoms with Gasteiger partial charge < -0.3 is 0 Å². The van der Waals surface area contributed by atoms with E-state index in [1.165, 1.54) is 12.1 Å². The van der Waals surface area contributed by atoms with Gasteiger partial charge in [0.15, 0.2) is 0 Å². The van der Waals surface area contributed by atoms with Crippen LogP contribution < -0.4 is 5.69 Å². The van der Waals surface area contributed by atoms with E-state index in [0.717, 1.165) is 10.7 Å². The molecular formula is C7H4ClN5O3. The Balaban J connectivity index is 2.61. The zero-order valence-corrected chi connectivity index (χ0v) is 8.38. The lowest BCUT2D eigenvalue weighted by molar-refractivity contribution is -0.384. The summed E-state index contributed by atoms with van der Waals surface area (Å²) in [5.41, 5.74) is -0.666. The van der Waals surface area contributed by atoms with Crippen molar-refractivity contribution in [3.8, 4) is 5.69 Å². The minimum absolute atomic E-state index is 0.00899. The second-order valence-corrected chi connectivity index (χ2v) is 3.22. The van der Waals surface area contributed by atoms with Crippen LogP contribution in [0.2, 0.25) is 5.02 Å². The second-order valence-electron chi connectivity index (χ2n) is 2.81. The number of benzene rings is 1. The van der Waals surface area contributed by atoms with E-state index in [0.29, 0.717) is 0 Å². The van der Waals surface area contributed by atoms with Crippen LogP contribution >= 0.6 is 11.6 Å². The van der Waals surface area contributed by atoms with E-state index >= 15 is 0 Å². The Kier molecular flexibility index (Phi) is 2.41. The van der Waals surface area contributed by atoms with E-state index in [1.54, 1.807) is 0 Å². The average Bonchev–Trinajstić information content (AvgIpc) is 2.65. The molecule has 0 aliphatic heterocycles. The summed E-state index contributed by atoms with van der Waals surface area (Å²) >= 11 is 5.62. The number of nitrogens with zero attached hydrogens (tertiary/aromatic N) is 4. The van der Waals surface area contributed by atoms with Crippen molar-refractivity contribution >= 4 is 17.3 Å². The van der Waals surface area contributed by atoms with Crippen LogP contribution in [0.5, 0.6) is 0 Å². The largest absolute Gasteiger partial charge is 0.365 e. The molecule has 0 fully saturated rings. The predicted molar refractivity (Wildman–Crippen MR) is 53.6 cm³/mol. The number of nitro groups is 1. The quantitative estimate of drug-likeness (QED) is 0.609. The number of nitrogens with one attached hydrogen (secondary N) is 1. The van der Waals surface area contributed by atoms with Gasteiger partial charge in [-0.05, 0) is 22.6 Å². The first-order valence-corrected chi connectivity index (χ1v) is 4.42. The molecular weight excluding hydrogens is 238 g/mol. The maximum atomic E-state index is 11.2. The zero-order valence-electron chi connectivity index (χ0n) is 7.62. The number of nitro benzene ring substituents is 1. The van der Waals surface area contributed by atoms with Gasteiger partial charge in [-0.15, -0.1) is 0 Å². The Morgan fingerprint density at radius 3 is 2.81 bits per heavy atom.